The van der Waals surface area contributed by atoms with Gasteiger partial charge < -0.3 is 15.4 Å². The van der Waals surface area contributed by atoms with Crippen molar-refractivity contribution >= 4 is 5.91 Å². The maximum Gasteiger partial charge on any atom is 0.257 e. The van der Waals surface area contributed by atoms with Gasteiger partial charge in [-0.1, -0.05) is 39.8 Å². The van der Waals surface area contributed by atoms with Crippen LogP contribution in [0.1, 0.15) is 33.3 Å². The molecule has 0 saturated heterocycles. The third-order valence-electron chi connectivity index (χ3n) is 2.96. The summed E-state index contributed by atoms with van der Waals surface area (Å²) in [5.74, 6) is 0.627. The van der Waals surface area contributed by atoms with E-state index < -0.39 is 0 Å². The lowest BCUT2D eigenvalue weighted by molar-refractivity contribution is -0.123. The first-order chi connectivity index (χ1) is 9.43. The van der Waals surface area contributed by atoms with E-state index in [9.17, 15) is 4.79 Å². The van der Waals surface area contributed by atoms with Crippen LogP contribution in [0.2, 0.25) is 0 Å². The summed E-state index contributed by atoms with van der Waals surface area (Å²) in [5, 5.41) is 5.94. The van der Waals surface area contributed by atoms with E-state index in [1.54, 1.807) is 0 Å². The van der Waals surface area contributed by atoms with Crippen molar-refractivity contribution < 1.29 is 9.53 Å². The average Bonchev–Trinajstić information content (AvgIpc) is 2.41. The van der Waals surface area contributed by atoms with Crippen molar-refractivity contribution in [2.45, 2.75) is 33.1 Å². The highest BCUT2D eigenvalue weighted by Crippen LogP contribution is 2.24. The molecule has 4 nitrogen and oxygen atoms in total. The lowest BCUT2D eigenvalue weighted by Gasteiger charge is -2.19. The van der Waals surface area contributed by atoms with Crippen molar-refractivity contribution in [3.8, 4) is 5.75 Å². The molecular formula is C16H26N2O2. The van der Waals surface area contributed by atoms with Crippen LogP contribution in [0.25, 0.3) is 0 Å². The van der Waals surface area contributed by atoms with Gasteiger partial charge in [-0.2, -0.15) is 0 Å². The van der Waals surface area contributed by atoms with Crippen molar-refractivity contribution in [3.63, 3.8) is 0 Å². The minimum Gasteiger partial charge on any atom is -0.484 e. The molecule has 0 saturated carbocycles. The first-order valence-electron chi connectivity index (χ1n) is 7.14. The summed E-state index contributed by atoms with van der Waals surface area (Å²) in [6.07, 6.45) is 0. The van der Waals surface area contributed by atoms with Crippen LogP contribution in [-0.4, -0.2) is 32.1 Å². The van der Waals surface area contributed by atoms with Crippen molar-refractivity contribution in [1.82, 2.24) is 10.6 Å². The van der Waals surface area contributed by atoms with Gasteiger partial charge in [0.05, 0.1) is 0 Å². The predicted molar refractivity (Wildman–Crippen MR) is 82.2 cm³/mol. The van der Waals surface area contributed by atoms with E-state index in [0.29, 0.717) is 6.54 Å². The van der Waals surface area contributed by atoms with Gasteiger partial charge in [0, 0.05) is 13.1 Å². The topological polar surface area (TPSA) is 50.4 Å². The summed E-state index contributed by atoms with van der Waals surface area (Å²) in [5.41, 5.74) is 1.38. The SMILES string of the molecule is CCNCCNC(=O)COc1ccc(C(C)(C)C)cc1. The first kappa shape index (κ1) is 16.5. The number of nitrogens with one attached hydrogen (secondary N) is 2. The Hall–Kier alpha value is -1.55. The molecule has 112 valence electrons. The highest BCUT2D eigenvalue weighted by atomic mass is 16.5. The van der Waals surface area contributed by atoms with Crippen molar-refractivity contribution in [2.24, 2.45) is 0 Å². The van der Waals surface area contributed by atoms with Gasteiger partial charge in [-0.25, -0.2) is 0 Å². The van der Waals surface area contributed by atoms with E-state index in [1.165, 1.54) is 5.56 Å². The number of hydrogen-bond acceptors (Lipinski definition) is 3. The first-order valence-corrected chi connectivity index (χ1v) is 7.14. The number of likely N-dealkylation sites (N-methyl/N-ethyl adjacent to an activating group) is 1. The van der Waals surface area contributed by atoms with E-state index in [0.717, 1.165) is 18.8 Å². The molecule has 1 rings (SSSR count). The van der Waals surface area contributed by atoms with Crippen LogP contribution in [0.15, 0.2) is 24.3 Å². The maximum absolute atomic E-state index is 11.5. The summed E-state index contributed by atoms with van der Waals surface area (Å²) in [4.78, 5) is 11.5. The molecule has 20 heavy (non-hydrogen) atoms. The van der Waals surface area contributed by atoms with Gasteiger partial charge in [0.25, 0.3) is 5.91 Å². The second kappa shape index (κ2) is 7.90. The monoisotopic (exact) mass is 278 g/mol. The Morgan fingerprint density at radius 2 is 1.80 bits per heavy atom. The lowest BCUT2D eigenvalue weighted by Crippen LogP contribution is -2.34. The fourth-order valence-corrected chi connectivity index (χ4v) is 1.72. The molecule has 0 atom stereocenters. The zero-order valence-electron chi connectivity index (χ0n) is 13.0. The number of benzene rings is 1. The smallest absolute Gasteiger partial charge is 0.257 e. The van der Waals surface area contributed by atoms with E-state index in [1.807, 2.05) is 31.2 Å². The van der Waals surface area contributed by atoms with Gasteiger partial charge in [0.2, 0.25) is 0 Å². The lowest BCUT2D eigenvalue weighted by atomic mass is 9.87. The average molecular weight is 278 g/mol. The number of amides is 1. The quantitative estimate of drug-likeness (QED) is 0.751. The molecular weight excluding hydrogens is 252 g/mol. The van der Waals surface area contributed by atoms with Gasteiger partial charge in [-0.3, -0.25) is 4.79 Å². The molecule has 0 radical (unpaired) electrons. The highest BCUT2D eigenvalue weighted by molar-refractivity contribution is 5.77. The molecule has 0 aliphatic rings. The Kier molecular flexibility index (Phi) is 6.52. The molecule has 0 heterocycles. The molecule has 0 aliphatic carbocycles. The van der Waals surface area contributed by atoms with Crippen LogP contribution in [-0.2, 0) is 10.2 Å². The van der Waals surface area contributed by atoms with Gasteiger partial charge in [-0.15, -0.1) is 0 Å². The summed E-state index contributed by atoms with van der Waals surface area (Å²) in [7, 11) is 0. The molecule has 0 unspecified atom stereocenters. The Labute approximate surface area is 121 Å². The third kappa shape index (κ3) is 6.06. The Bertz CT molecular complexity index is 407. The van der Waals surface area contributed by atoms with Crippen molar-refractivity contribution in [2.75, 3.05) is 26.2 Å². The molecule has 0 fully saturated rings. The minimum absolute atomic E-state index is 0.0565. The standard InChI is InChI=1S/C16H26N2O2/c1-5-17-10-11-18-15(19)12-20-14-8-6-13(7-9-14)16(2,3)4/h6-9,17H,5,10-12H2,1-4H3,(H,18,19). The van der Waals surface area contributed by atoms with Crippen LogP contribution in [0.3, 0.4) is 0 Å². The fraction of sp³-hybridized carbons (Fsp3) is 0.562. The molecule has 0 aromatic heterocycles. The third-order valence-corrected chi connectivity index (χ3v) is 2.96. The van der Waals surface area contributed by atoms with Crippen LogP contribution in [0, 0.1) is 0 Å². The fourth-order valence-electron chi connectivity index (χ4n) is 1.72. The van der Waals surface area contributed by atoms with E-state index in [4.69, 9.17) is 4.74 Å². The second-order valence-electron chi connectivity index (χ2n) is 5.77. The summed E-state index contributed by atoms with van der Waals surface area (Å²) < 4.78 is 5.46. The molecule has 0 bridgehead atoms. The summed E-state index contributed by atoms with van der Waals surface area (Å²) in [6.45, 7) is 10.9. The van der Waals surface area contributed by atoms with Crippen LogP contribution >= 0.6 is 0 Å². The molecule has 1 amide bonds. The second-order valence-corrected chi connectivity index (χ2v) is 5.77. The zero-order valence-corrected chi connectivity index (χ0v) is 13.0. The van der Waals surface area contributed by atoms with Gasteiger partial charge in [0.15, 0.2) is 6.61 Å². The number of rotatable bonds is 7. The van der Waals surface area contributed by atoms with Gasteiger partial charge in [-0.05, 0) is 29.7 Å². The maximum atomic E-state index is 11.5. The van der Waals surface area contributed by atoms with Gasteiger partial charge >= 0.3 is 0 Å². The predicted octanol–water partition coefficient (Wildman–Crippen LogP) is 2.09. The van der Waals surface area contributed by atoms with Crippen LogP contribution in [0.4, 0.5) is 0 Å². The number of ether oxygens (including phenoxy) is 1. The van der Waals surface area contributed by atoms with E-state index in [-0.39, 0.29) is 17.9 Å². The molecule has 2 N–H and O–H groups in total. The Balaban J connectivity index is 2.33. The minimum atomic E-state index is -0.0946. The molecule has 4 heteroatoms. The Morgan fingerprint density at radius 3 is 2.35 bits per heavy atom. The van der Waals surface area contributed by atoms with Gasteiger partial charge in [0.1, 0.15) is 5.75 Å². The van der Waals surface area contributed by atoms with E-state index >= 15 is 0 Å². The van der Waals surface area contributed by atoms with Crippen molar-refractivity contribution in [1.29, 1.82) is 0 Å². The largest absolute Gasteiger partial charge is 0.484 e. The summed E-state index contributed by atoms with van der Waals surface area (Å²) >= 11 is 0. The normalized spacial score (nSPS) is 11.2. The molecule has 1 aromatic carbocycles. The molecule has 0 aliphatic heterocycles. The Morgan fingerprint density at radius 1 is 1.15 bits per heavy atom. The van der Waals surface area contributed by atoms with Crippen LogP contribution < -0.4 is 15.4 Å². The summed E-state index contributed by atoms with van der Waals surface area (Å²) in [6, 6.07) is 7.90. The number of carbonyl (C=O) groups excluding carboxylic acids is 1. The van der Waals surface area contributed by atoms with Crippen molar-refractivity contribution in [3.05, 3.63) is 29.8 Å². The number of carbonyl (C=O) groups is 1. The highest BCUT2D eigenvalue weighted by Gasteiger charge is 2.13. The van der Waals surface area contributed by atoms with E-state index in [2.05, 4.69) is 31.4 Å². The van der Waals surface area contributed by atoms with Crippen LogP contribution in [0.5, 0.6) is 5.75 Å². The molecule has 1 aromatic rings. The molecule has 0 spiro atoms. The number of hydrogen-bond donors (Lipinski definition) is 2. The zero-order chi connectivity index (χ0) is 15.0.